The number of ether oxygens (including phenoxy) is 2. The van der Waals surface area contributed by atoms with Gasteiger partial charge in [-0.25, -0.2) is 13.6 Å². The zero-order chi connectivity index (χ0) is 28.9. The number of thioether (sulfide) groups is 1. The third kappa shape index (κ3) is 8.02. The van der Waals surface area contributed by atoms with Crippen LogP contribution in [0, 0.1) is 11.6 Å². The molecule has 0 aliphatic heterocycles. The lowest BCUT2D eigenvalue weighted by atomic mass is 9.98. The fraction of sp³-hybridized carbons (Fsp3) is 0.167. The van der Waals surface area contributed by atoms with Crippen LogP contribution in [0.4, 0.5) is 22.0 Å². The van der Waals surface area contributed by atoms with E-state index in [9.17, 15) is 26.7 Å². The molecule has 208 valence electrons. The molecule has 1 unspecified atom stereocenters. The second-order valence-electron chi connectivity index (χ2n) is 9.04. The van der Waals surface area contributed by atoms with E-state index in [1.807, 2.05) is 30.3 Å². The van der Waals surface area contributed by atoms with Crippen LogP contribution in [0.3, 0.4) is 0 Å². The lowest BCUT2D eigenvalue weighted by molar-refractivity contribution is -0.159. The maximum Gasteiger partial charge on any atom is 0.446 e. The predicted molar refractivity (Wildman–Crippen MR) is 144 cm³/mol. The van der Waals surface area contributed by atoms with Crippen molar-refractivity contribution < 1.29 is 36.2 Å². The van der Waals surface area contributed by atoms with Crippen molar-refractivity contribution in [1.29, 1.82) is 0 Å². The van der Waals surface area contributed by atoms with E-state index in [1.165, 1.54) is 36.4 Å². The van der Waals surface area contributed by atoms with Crippen molar-refractivity contribution in [1.82, 2.24) is 0 Å². The minimum atomic E-state index is -4.39. The van der Waals surface area contributed by atoms with E-state index in [0.29, 0.717) is 16.2 Å². The Balaban J connectivity index is 1.42. The molecule has 0 N–H and O–H groups in total. The number of rotatable bonds is 9. The van der Waals surface area contributed by atoms with Gasteiger partial charge in [-0.2, -0.15) is 13.2 Å². The molecule has 3 nitrogen and oxygen atoms in total. The van der Waals surface area contributed by atoms with E-state index in [0.717, 1.165) is 15.9 Å². The van der Waals surface area contributed by atoms with Crippen LogP contribution in [0.15, 0.2) is 117 Å². The van der Waals surface area contributed by atoms with E-state index < -0.39 is 46.2 Å². The second kappa shape index (κ2) is 12.3. The number of esters is 1. The quantitative estimate of drug-likeness (QED) is 0.0846. The molecule has 0 aromatic heterocycles. The number of benzene rings is 4. The van der Waals surface area contributed by atoms with Crippen molar-refractivity contribution in [3.8, 4) is 5.75 Å². The van der Waals surface area contributed by atoms with Crippen LogP contribution in [-0.2, 0) is 26.0 Å². The molecule has 0 amide bonds. The maximum absolute atomic E-state index is 14.0. The van der Waals surface area contributed by atoms with Crippen molar-refractivity contribution >= 4 is 28.6 Å². The second-order valence-corrected chi connectivity index (χ2v) is 12.2. The van der Waals surface area contributed by atoms with Gasteiger partial charge >= 0.3 is 11.5 Å². The number of halogens is 5. The summed E-state index contributed by atoms with van der Waals surface area (Å²) in [5.41, 5.74) is -4.96. The van der Waals surface area contributed by atoms with Crippen LogP contribution in [0.1, 0.15) is 19.4 Å². The normalized spacial score (nSPS) is 12.6. The SMILES string of the molecule is CC(C)(OC(=O)COc1ccc([S+](c2ccccc2)c2cc(F)cc(F)c2)cc1)c1ccc(SC(F)(F)F)cc1. The van der Waals surface area contributed by atoms with Gasteiger partial charge in [-0.05, 0) is 79.7 Å². The molecule has 0 radical (unpaired) electrons. The van der Waals surface area contributed by atoms with Gasteiger partial charge in [0.1, 0.15) is 23.0 Å². The van der Waals surface area contributed by atoms with E-state index in [-0.39, 0.29) is 16.7 Å². The monoisotopic (exact) mass is 591 g/mol. The lowest BCUT2D eigenvalue weighted by Gasteiger charge is -2.26. The Labute approximate surface area is 235 Å². The van der Waals surface area contributed by atoms with Gasteiger partial charge in [-0.1, -0.05) is 30.3 Å². The predicted octanol–water partition coefficient (Wildman–Crippen LogP) is 8.53. The van der Waals surface area contributed by atoms with Gasteiger partial charge in [0.05, 0.1) is 10.9 Å². The molecule has 0 fully saturated rings. The van der Waals surface area contributed by atoms with Crippen LogP contribution in [0.25, 0.3) is 0 Å². The third-order valence-electron chi connectivity index (χ3n) is 5.62. The Bertz CT molecular complexity index is 1420. The third-order valence-corrected chi connectivity index (χ3v) is 8.55. The number of alkyl halides is 3. The van der Waals surface area contributed by atoms with E-state index in [2.05, 4.69) is 0 Å². The molecule has 40 heavy (non-hydrogen) atoms. The topological polar surface area (TPSA) is 35.5 Å². The molecular weight excluding hydrogens is 567 g/mol. The van der Waals surface area contributed by atoms with Gasteiger partial charge in [-0.15, -0.1) is 0 Å². The summed E-state index contributed by atoms with van der Waals surface area (Å²) in [4.78, 5) is 14.7. The highest BCUT2D eigenvalue weighted by atomic mass is 32.2. The molecule has 0 bridgehead atoms. The first-order valence-corrected chi connectivity index (χ1v) is 14.0. The maximum atomic E-state index is 14.0. The first-order chi connectivity index (χ1) is 18.9. The van der Waals surface area contributed by atoms with Crippen molar-refractivity contribution in [3.63, 3.8) is 0 Å². The average Bonchev–Trinajstić information content (AvgIpc) is 2.88. The largest absolute Gasteiger partial charge is 0.482 e. The summed E-state index contributed by atoms with van der Waals surface area (Å²) in [7, 11) is -0.789. The van der Waals surface area contributed by atoms with E-state index >= 15 is 0 Å². The fourth-order valence-corrected chi connectivity index (χ4v) is 6.51. The van der Waals surface area contributed by atoms with Crippen LogP contribution >= 0.6 is 11.8 Å². The van der Waals surface area contributed by atoms with Crippen LogP contribution in [0.5, 0.6) is 5.75 Å². The molecule has 0 spiro atoms. The highest BCUT2D eigenvalue weighted by Gasteiger charge is 2.31. The van der Waals surface area contributed by atoms with E-state index in [4.69, 9.17) is 9.47 Å². The molecule has 4 aromatic carbocycles. The molecule has 1 atom stereocenters. The van der Waals surface area contributed by atoms with Gasteiger partial charge in [0.15, 0.2) is 21.3 Å². The Morgan fingerprint density at radius 2 is 1.35 bits per heavy atom. The van der Waals surface area contributed by atoms with E-state index in [1.54, 1.807) is 38.1 Å². The molecule has 4 rings (SSSR count). The summed E-state index contributed by atoms with van der Waals surface area (Å²) in [6, 6.07) is 25.2. The fourth-order valence-electron chi connectivity index (χ4n) is 3.86. The zero-order valence-corrected chi connectivity index (χ0v) is 23.0. The molecule has 0 heterocycles. The van der Waals surface area contributed by atoms with Crippen molar-refractivity contribution in [2.45, 2.75) is 44.5 Å². The number of hydrogen-bond acceptors (Lipinski definition) is 4. The summed E-state index contributed by atoms with van der Waals surface area (Å²) in [6.07, 6.45) is 0. The van der Waals surface area contributed by atoms with Gasteiger partial charge < -0.3 is 9.47 Å². The minimum Gasteiger partial charge on any atom is -0.482 e. The average molecular weight is 592 g/mol. The summed E-state index contributed by atoms with van der Waals surface area (Å²) < 4.78 is 76.9. The van der Waals surface area contributed by atoms with Crippen LogP contribution in [0.2, 0.25) is 0 Å². The molecule has 0 aliphatic rings. The van der Waals surface area contributed by atoms with Crippen LogP contribution in [-0.4, -0.2) is 18.1 Å². The summed E-state index contributed by atoms with van der Waals surface area (Å²) in [6.45, 7) is 2.86. The van der Waals surface area contributed by atoms with Gasteiger partial charge in [0, 0.05) is 23.1 Å². The van der Waals surface area contributed by atoms with Crippen molar-refractivity contribution in [3.05, 3.63) is 114 Å². The van der Waals surface area contributed by atoms with Gasteiger partial charge in [-0.3, -0.25) is 0 Å². The number of hydrogen-bond donors (Lipinski definition) is 0. The summed E-state index contributed by atoms with van der Waals surface area (Å²) >= 11 is -0.220. The number of carbonyl (C=O) groups excluding carboxylic acids is 1. The van der Waals surface area contributed by atoms with Gasteiger partial charge in [0.2, 0.25) is 0 Å². The molecule has 4 aromatic rings. The molecule has 0 saturated heterocycles. The van der Waals surface area contributed by atoms with Crippen LogP contribution < -0.4 is 4.74 Å². The Morgan fingerprint density at radius 1 is 0.775 bits per heavy atom. The zero-order valence-electron chi connectivity index (χ0n) is 21.4. The molecule has 10 heteroatoms. The Hall–Kier alpha value is -3.50. The molecule has 0 aliphatic carbocycles. The van der Waals surface area contributed by atoms with Crippen molar-refractivity contribution in [2.24, 2.45) is 0 Å². The lowest BCUT2D eigenvalue weighted by Crippen LogP contribution is -2.28. The summed E-state index contributed by atoms with van der Waals surface area (Å²) in [5, 5.41) is 0. The number of carbonyl (C=O) groups is 1. The Kier molecular flexibility index (Phi) is 9.10. The minimum absolute atomic E-state index is 0.0304. The molecular formula is C30H24F5O3S2+. The van der Waals surface area contributed by atoms with Gasteiger partial charge in [0.25, 0.3) is 0 Å². The smallest absolute Gasteiger partial charge is 0.446 e. The highest BCUT2D eigenvalue weighted by molar-refractivity contribution is 8.00. The highest BCUT2D eigenvalue weighted by Crippen LogP contribution is 2.38. The first-order valence-electron chi connectivity index (χ1n) is 12.0. The molecule has 0 saturated carbocycles. The Morgan fingerprint density at radius 3 is 1.93 bits per heavy atom. The first kappa shape index (κ1) is 29.5. The van der Waals surface area contributed by atoms with Crippen molar-refractivity contribution in [2.75, 3.05) is 6.61 Å². The standard InChI is InChI=1S/C30H24F5O3S2/c1-29(2,20-8-12-24(13-9-20)39-30(33,34)35)38-28(36)19-37-23-10-14-26(15-11-23)40(25-6-4-3-5-7-25)27-17-21(31)16-22(32)18-27/h3-18H,19H2,1-2H3/q+1. The summed E-state index contributed by atoms with van der Waals surface area (Å²) in [5.74, 6) is -1.61.